The lowest BCUT2D eigenvalue weighted by Gasteiger charge is -2.05. The molecule has 1 heterocycles. The minimum absolute atomic E-state index is 0.212. The van der Waals surface area contributed by atoms with E-state index in [2.05, 4.69) is 10.3 Å². The molecular formula is C17H15ClN2O3S2. The van der Waals surface area contributed by atoms with Crippen molar-refractivity contribution in [3.63, 3.8) is 0 Å². The number of aromatic nitrogens is 1. The van der Waals surface area contributed by atoms with Crippen LogP contribution in [0, 0.1) is 6.92 Å². The summed E-state index contributed by atoms with van der Waals surface area (Å²) in [5.41, 5.74) is 2.46. The third-order valence-corrected chi connectivity index (χ3v) is 6.10. The molecule has 0 radical (unpaired) electrons. The molecule has 5 nitrogen and oxygen atoms in total. The van der Waals surface area contributed by atoms with Crippen LogP contribution in [0.4, 0.5) is 5.13 Å². The number of hydrogen-bond acceptors (Lipinski definition) is 5. The molecule has 0 aliphatic rings. The van der Waals surface area contributed by atoms with Gasteiger partial charge in [0.05, 0.1) is 16.0 Å². The predicted molar refractivity (Wildman–Crippen MR) is 102 cm³/mol. The first-order valence-electron chi connectivity index (χ1n) is 7.43. The van der Waals surface area contributed by atoms with E-state index in [9.17, 15) is 13.2 Å². The van der Waals surface area contributed by atoms with E-state index in [-0.39, 0.29) is 5.75 Å². The number of nitrogens with zero attached hydrogens (tertiary/aromatic N) is 1. The molecule has 25 heavy (non-hydrogen) atoms. The molecule has 1 amide bonds. The van der Waals surface area contributed by atoms with Gasteiger partial charge >= 0.3 is 0 Å². The Hall–Kier alpha value is -1.96. The number of amides is 1. The molecule has 0 aliphatic carbocycles. The summed E-state index contributed by atoms with van der Waals surface area (Å²) in [6, 6.07) is 12.3. The molecule has 8 heteroatoms. The molecule has 3 aromatic rings. The maximum Gasteiger partial charge on any atom is 0.241 e. The first-order valence-corrected chi connectivity index (χ1v) is 10.4. The quantitative estimate of drug-likeness (QED) is 0.713. The number of carbonyl (C=O) groups is 1. The monoisotopic (exact) mass is 394 g/mol. The number of anilines is 1. The average Bonchev–Trinajstić information content (AvgIpc) is 2.89. The van der Waals surface area contributed by atoms with Crippen LogP contribution in [0.5, 0.6) is 0 Å². The summed E-state index contributed by atoms with van der Waals surface area (Å²) in [7, 11) is -3.58. The Morgan fingerprint density at radius 3 is 2.64 bits per heavy atom. The minimum atomic E-state index is -3.58. The van der Waals surface area contributed by atoms with E-state index >= 15 is 0 Å². The minimum Gasteiger partial charge on any atom is -0.301 e. The number of nitrogens with one attached hydrogen (secondary N) is 1. The number of rotatable bonds is 5. The molecule has 1 N–H and O–H groups in total. The van der Waals surface area contributed by atoms with Gasteiger partial charge in [-0.3, -0.25) is 4.79 Å². The van der Waals surface area contributed by atoms with E-state index in [4.69, 9.17) is 11.6 Å². The Kier molecular flexibility index (Phi) is 5.08. The summed E-state index contributed by atoms with van der Waals surface area (Å²) in [6.45, 7) is 1.97. The summed E-state index contributed by atoms with van der Waals surface area (Å²) < 4.78 is 25.3. The number of benzene rings is 2. The van der Waals surface area contributed by atoms with Crippen LogP contribution >= 0.6 is 22.9 Å². The maximum absolute atomic E-state index is 12.2. The van der Waals surface area contributed by atoms with Gasteiger partial charge in [0.15, 0.2) is 15.0 Å². The van der Waals surface area contributed by atoms with Crippen molar-refractivity contribution in [2.75, 3.05) is 11.1 Å². The van der Waals surface area contributed by atoms with Crippen LogP contribution in [-0.2, 0) is 20.4 Å². The van der Waals surface area contributed by atoms with Crippen LogP contribution in [0.3, 0.4) is 0 Å². The highest BCUT2D eigenvalue weighted by molar-refractivity contribution is 7.91. The molecule has 0 saturated heterocycles. The fourth-order valence-corrected chi connectivity index (χ4v) is 4.71. The Labute approximate surface area is 154 Å². The van der Waals surface area contributed by atoms with Crippen molar-refractivity contribution in [2.45, 2.75) is 12.7 Å². The molecule has 130 valence electrons. The smallest absolute Gasteiger partial charge is 0.241 e. The van der Waals surface area contributed by atoms with Crippen molar-refractivity contribution in [1.29, 1.82) is 0 Å². The van der Waals surface area contributed by atoms with Crippen molar-refractivity contribution in [1.82, 2.24) is 4.98 Å². The molecule has 0 atom stereocenters. The number of fused-ring (bicyclic) bond motifs is 1. The zero-order chi connectivity index (χ0) is 18.0. The fraction of sp³-hybridized carbons (Fsp3) is 0.176. The van der Waals surface area contributed by atoms with E-state index in [1.54, 1.807) is 24.3 Å². The SMILES string of the molecule is Cc1ccc2nc(NC(=O)CS(=O)(=O)Cc3ccc(Cl)cc3)sc2c1. The lowest BCUT2D eigenvalue weighted by Crippen LogP contribution is -2.23. The second-order valence-electron chi connectivity index (χ2n) is 5.70. The average molecular weight is 395 g/mol. The van der Waals surface area contributed by atoms with Crippen LogP contribution in [0.2, 0.25) is 5.02 Å². The Morgan fingerprint density at radius 1 is 1.20 bits per heavy atom. The van der Waals surface area contributed by atoms with Crippen molar-refractivity contribution < 1.29 is 13.2 Å². The van der Waals surface area contributed by atoms with E-state index in [0.717, 1.165) is 15.8 Å². The van der Waals surface area contributed by atoms with Crippen LogP contribution in [0.25, 0.3) is 10.2 Å². The number of sulfone groups is 1. The Bertz CT molecular complexity index is 1030. The highest BCUT2D eigenvalue weighted by Gasteiger charge is 2.18. The Balaban J connectivity index is 1.66. The standard InChI is InChI=1S/C17H15ClN2O3S2/c1-11-2-7-14-15(8-11)24-17(19-14)20-16(21)10-25(22,23)9-12-3-5-13(18)6-4-12/h2-8H,9-10H2,1H3,(H,19,20,21). The molecule has 1 aromatic heterocycles. The van der Waals surface area contributed by atoms with Crippen LogP contribution < -0.4 is 5.32 Å². The normalized spacial score (nSPS) is 11.6. The maximum atomic E-state index is 12.2. The van der Waals surface area contributed by atoms with E-state index < -0.39 is 21.5 Å². The summed E-state index contributed by atoms with van der Waals surface area (Å²) in [5.74, 6) is -1.40. The number of carbonyl (C=O) groups excluding carboxylic acids is 1. The molecular weight excluding hydrogens is 380 g/mol. The van der Waals surface area contributed by atoms with Gasteiger partial charge in [-0.15, -0.1) is 0 Å². The molecule has 0 saturated carbocycles. The van der Waals surface area contributed by atoms with Gasteiger partial charge in [0.1, 0.15) is 5.75 Å². The van der Waals surface area contributed by atoms with Gasteiger partial charge in [-0.25, -0.2) is 13.4 Å². The molecule has 0 fully saturated rings. The van der Waals surface area contributed by atoms with Gasteiger partial charge < -0.3 is 5.32 Å². The van der Waals surface area contributed by atoms with Crippen LogP contribution in [0.1, 0.15) is 11.1 Å². The topological polar surface area (TPSA) is 76.1 Å². The lowest BCUT2D eigenvalue weighted by molar-refractivity contribution is -0.113. The van der Waals surface area contributed by atoms with Crippen LogP contribution in [0.15, 0.2) is 42.5 Å². The second-order valence-corrected chi connectivity index (χ2v) is 9.23. The number of thiazole rings is 1. The first-order chi connectivity index (χ1) is 11.8. The molecule has 2 aromatic carbocycles. The van der Waals surface area contributed by atoms with Gasteiger partial charge in [0, 0.05) is 5.02 Å². The molecule has 0 bridgehead atoms. The molecule has 0 aliphatic heterocycles. The highest BCUT2D eigenvalue weighted by Crippen LogP contribution is 2.26. The van der Waals surface area contributed by atoms with Gasteiger partial charge in [0.25, 0.3) is 0 Å². The number of hydrogen-bond donors (Lipinski definition) is 1. The van der Waals surface area contributed by atoms with Crippen molar-refractivity contribution in [3.8, 4) is 0 Å². The Morgan fingerprint density at radius 2 is 1.92 bits per heavy atom. The van der Waals surface area contributed by atoms with Crippen LogP contribution in [-0.4, -0.2) is 25.1 Å². The van der Waals surface area contributed by atoms with Crippen molar-refractivity contribution in [2.24, 2.45) is 0 Å². The summed E-state index contributed by atoms with van der Waals surface area (Å²) in [6.07, 6.45) is 0. The molecule has 0 unspecified atom stereocenters. The highest BCUT2D eigenvalue weighted by atomic mass is 35.5. The van der Waals surface area contributed by atoms with Gasteiger partial charge in [0.2, 0.25) is 5.91 Å². The van der Waals surface area contributed by atoms with Crippen molar-refractivity contribution in [3.05, 3.63) is 58.6 Å². The van der Waals surface area contributed by atoms with E-state index in [0.29, 0.717) is 15.7 Å². The van der Waals surface area contributed by atoms with E-state index in [1.807, 2.05) is 25.1 Å². The predicted octanol–water partition coefficient (Wildman–Crippen LogP) is 3.81. The summed E-state index contributed by atoms with van der Waals surface area (Å²) in [5, 5.41) is 3.50. The zero-order valence-corrected chi connectivity index (χ0v) is 15.7. The van der Waals surface area contributed by atoms with Gasteiger partial charge in [-0.05, 0) is 42.3 Å². The van der Waals surface area contributed by atoms with Gasteiger partial charge in [-0.1, -0.05) is 41.1 Å². The first kappa shape index (κ1) is 17.8. The molecule has 3 rings (SSSR count). The van der Waals surface area contributed by atoms with Crippen molar-refractivity contribution >= 4 is 54.0 Å². The molecule has 0 spiro atoms. The van der Waals surface area contributed by atoms with E-state index in [1.165, 1.54) is 11.3 Å². The summed E-state index contributed by atoms with van der Waals surface area (Å²) in [4.78, 5) is 16.4. The largest absolute Gasteiger partial charge is 0.301 e. The fourth-order valence-electron chi connectivity index (χ4n) is 2.33. The lowest BCUT2D eigenvalue weighted by atomic mass is 10.2. The number of aryl methyl sites for hydroxylation is 1. The third-order valence-electron chi connectivity index (χ3n) is 3.44. The second kappa shape index (κ2) is 7.11. The zero-order valence-electron chi connectivity index (χ0n) is 13.3. The summed E-state index contributed by atoms with van der Waals surface area (Å²) >= 11 is 7.10. The van der Waals surface area contributed by atoms with Gasteiger partial charge in [-0.2, -0.15) is 0 Å². The third kappa shape index (κ3) is 4.78. The number of halogens is 1.